The van der Waals surface area contributed by atoms with Gasteiger partial charge in [-0.3, -0.25) is 4.79 Å². The monoisotopic (exact) mass is 324 g/mol. The minimum atomic E-state index is -0.507. The minimum Gasteiger partial charge on any atom is -0.444 e. The van der Waals surface area contributed by atoms with Crippen molar-refractivity contribution in [2.75, 3.05) is 5.75 Å². The van der Waals surface area contributed by atoms with Gasteiger partial charge in [0.1, 0.15) is 0 Å². The van der Waals surface area contributed by atoms with Crippen molar-refractivity contribution in [3.8, 4) is 11.8 Å². The number of thioether (sulfide) groups is 1. The van der Waals surface area contributed by atoms with Gasteiger partial charge in [-0.25, -0.2) is 0 Å². The summed E-state index contributed by atoms with van der Waals surface area (Å²) in [6.45, 7) is 5.59. The average Bonchev–Trinajstić information content (AvgIpc) is 2.54. The first kappa shape index (κ1) is 17.2. The summed E-state index contributed by atoms with van der Waals surface area (Å²) in [7, 11) is 0. The van der Waals surface area contributed by atoms with Gasteiger partial charge in [0.2, 0.25) is 0 Å². The van der Waals surface area contributed by atoms with Crippen LogP contribution in [0.5, 0.6) is 0 Å². The second kappa shape index (κ2) is 8.45. The molecule has 1 unspecified atom stereocenters. The molecule has 0 heterocycles. The number of hydrogen-bond acceptors (Lipinski definition) is 3. The van der Waals surface area contributed by atoms with Gasteiger partial charge in [-0.1, -0.05) is 59.9 Å². The van der Waals surface area contributed by atoms with Crippen LogP contribution < -0.4 is 0 Å². The Morgan fingerprint density at radius 2 is 1.91 bits per heavy atom. The molecule has 0 saturated carbocycles. The van der Waals surface area contributed by atoms with Gasteiger partial charge >= 0.3 is 5.97 Å². The number of rotatable bonds is 4. The van der Waals surface area contributed by atoms with Crippen LogP contribution in [0, 0.1) is 25.7 Å². The molecule has 0 aliphatic carbocycles. The third-order valence-electron chi connectivity index (χ3n) is 3.26. The van der Waals surface area contributed by atoms with Gasteiger partial charge in [0, 0.05) is 17.4 Å². The molecule has 1 atom stereocenters. The first-order chi connectivity index (χ1) is 11.1. The van der Waals surface area contributed by atoms with E-state index in [2.05, 4.69) is 43.9 Å². The van der Waals surface area contributed by atoms with Crippen LogP contribution in [0.4, 0.5) is 0 Å². The molecule has 3 heteroatoms. The maximum Gasteiger partial charge on any atom is 0.304 e. The molecule has 0 spiro atoms. The van der Waals surface area contributed by atoms with E-state index in [9.17, 15) is 4.79 Å². The molecule has 118 valence electrons. The lowest BCUT2D eigenvalue weighted by atomic mass is 10.1. The smallest absolute Gasteiger partial charge is 0.304 e. The van der Waals surface area contributed by atoms with Crippen LogP contribution in [0.3, 0.4) is 0 Å². The van der Waals surface area contributed by atoms with Gasteiger partial charge < -0.3 is 4.74 Å². The number of aryl methyl sites for hydroxylation is 2. The Balaban J connectivity index is 2.05. The molecule has 2 aromatic rings. The second-order valence-electron chi connectivity index (χ2n) is 5.28. The van der Waals surface area contributed by atoms with E-state index in [1.54, 1.807) is 11.8 Å². The summed E-state index contributed by atoms with van der Waals surface area (Å²) in [5, 5.41) is 0. The molecule has 0 aliphatic heterocycles. The Bertz CT molecular complexity index is 726. The summed E-state index contributed by atoms with van der Waals surface area (Å²) >= 11 is 1.70. The molecular weight excluding hydrogens is 304 g/mol. The summed E-state index contributed by atoms with van der Waals surface area (Å²) in [6.07, 6.45) is -0.507. The zero-order chi connectivity index (χ0) is 16.7. The molecular formula is C20H20O2S. The molecule has 0 amide bonds. The van der Waals surface area contributed by atoms with Crippen molar-refractivity contribution in [3.63, 3.8) is 0 Å². The van der Waals surface area contributed by atoms with Gasteiger partial charge in [-0.15, -0.1) is 11.8 Å². The van der Waals surface area contributed by atoms with Crippen molar-refractivity contribution < 1.29 is 9.53 Å². The van der Waals surface area contributed by atoms with E-state index in [0.717, 1.165) is 5.56 Å². The first-order valence-electron chi connectivity index (χ1n) is 7.47. The topological polar surface area (TPSA) is 26.3 Å². The van der Waals surface area contributed by atoms with E-state index in [-0.39, 0.29) is 5.97 Å². The number of carbonyl (C=O) groups is 1. The number of carbonyl (C=O) groups excluding carboxylic acids is 1. The zero-order valence-corrected chi connectivity index (χ0v) is 14.4. The lowest BCUT2D eigenvalue weighted by molar-refractivity contribution is -0.144. The summed E-state index contributed by atoms with van der Waals surface area (Å²) in [5.74, 6) is 6.52. The Kier molecular flexibility index (Phi) is 6.31. The third kappa shape index (κ3) is 5.50. The fourth-order valence-corrected chi connectivity index (χ4v) is 2.96. The molecule has 2 rings (SSSR count). The van der Waals surface area contributed by atoms with E-state index in [4.69, 9.17) is 4.74 Å². The average molecular weight is 324 g/mol. The molecule has 2 nitrogen and oxygen atoms in total. The Morgan fingerprint density at radius 1 is 1.17 bits per heavy atom. The van der Waals surface area contributed by atoms with E-state index >= 15 is 0 Å². The van der Waals surface area contributed by atoms with Crippen LogP contribution >= 0.6 is 11.8 Å². The van der Waals surface area contributed by atoms with Crippen LogP contribution in [0.1, 0.15) is 29.7 Å². The summed E-state index contributed by atoms with van der Waals surface area (Å²) in [6, 6.07) is 16.0. The largest absolute Gasteiger partial charge is 0.444 e. The second-order valence-corrected chi connectivity index (χ2v) is 6.30. The SMILES string of the molecule is CC(=O)OC(C#CCSc1cc(C)ccc1C)c1ccccc1. The molecule has 2 aromatic carbocycles. The molecule has 0 fully saturated rings. The predicted molar refractivity (Wildman–Crippen MR) is 95.4 cm³/mol. The van der Waals surface area contributed by atoms with E-state index in [1.807, 2.05) is 30.3 Å². The highest BCUT2D eigenvalue weighted by molar-refractivity contribution is 7.99. The highest BCUT2D eigenvalue weighted by Crippen LogP contribution is 2.23. The number of benzene rings is 2. The Labute approximate surface area is 142 Å². The van der Waals surface area contributed by atoms with Crippen LogP contribution in [-0.4, -0.2) is 11.7 Å². The number of hydrogen-bond donors (Lipinski definition) is 0. The summed E-state index contributed by atoms with van der Waals surface area (Å²) in [5.41, 5.74) is 3.39. The molecule has 0 bridgehead atoms. The van der Waals surface area contributed by atoms with Crippen LogP contribution in [-0.2, 0) is 9.53 Å². The van der Waals surface area contributed by atoms with Crippen LogP contribution in [0.15, 0.2) is 53.4 Å². The van der Waals surface area contributed by atoms with Gasteiger partial charge in [-0.2, -0.15) is 0 Å². The standard InChI is InChI=1S/C20H20O2S/c1-15-11-12-16(2)20(14-15)23-13-7-10-19(22-17(3)21)18-8-5-4-6-9-18/h4-6,8-9,11-12,14,19H,13H2,1-3H3. The predicted octanol–water partition coefficient (Wildman–Crippen LogP) is 4.70. The van der Waals surface area contributed by atoms with Crippen molar-refractivity contribution in [1.82, 2.24) is 0 Å². The molecule has 0 saturated heterocycles. The number of ether oxygens (including phenoxy) is 1. The normalized spacial score (nSPS) is 11.3. The third-order valence-corrected chi connectivity index (χ3v) is 4.30. The summed E-state index contributed by atoms with van der Waals surface area (Å²) in [4.78, 5) is 12.5. The van der Waals surface area contributed by atoms with Gasteiger partial charge in [0.05, 0.1) is 5.75 Å². The van der Waals surface area contributed by atoms with E-state index in [1.165, 1.54) is 22.9 Å². The quantitative estimate of drug-likeness (QED) is 0.463. The van der Waals surface area contributed by atoms with Crippen molar-refractivity contribution >= 4 is 17.7 Å². The van der Waals surface area contributed by atoms with E-state index in [0.29, 0.717) is 5.75 Å². The maximum absolute atomic E-state index is 11.3. The van der Waals surface area contributed by atoms with Gasteiger partial charge in [0.25, 0.3) is 0 Å². The van der Waals surface area contributed by atoms with Crippen LogP contribution in [0.25, 0.3) is 0 Å². The number of esters is 1. The van der Waals surface area contributed by atoms with Crippen molar-refractivity contribution in [3.05, 3.63) is 65.2 Å². The van der Waals surface area contributed by atoms with E-state index < -0.39 is 6.10 Å². The minimum absolute atomic E-state index is 0.324. The molecule has 0 radical (unpaired) electrons. The van der Waals surface area contributed by atoms with Crippen molar-refractivity contribution in [2.45, 2.75) is 31.8 Å². The highest BCUT2D eigenvalue weighted by Gasteiger charge is 2.10. The molecule has 0 aliphatic rings. The Hall–Kier alpha value is -2.18. The molecule has 0 aromatic heterocycles. The Morgan fingerprint density at radius 3 is 2.61 bits per heavy atom. The lowest BCUT2D eigenvalue weighted by Crippen LogP contribution is -2.06. The molecule has 23 heavy (non-hydrogen) atoms. The fraction of sp³-hybridized carbons (Fsp3) is 0.250. The first-order valence-corrected chi connectivity index (χ1v) is 8.45. The molecule has 0 N–H and O–H groups in total. The van der Waals surface area contributed by atoms with Crippen LogP contribution in [0.2, 0.25) is 0 Å². The maximum atomic E-state index is 11.3. The van der Waals surface area contributed by atoms with Crippen molar-refractivity contribution in [2.24, 2.45) is 0 Å². The fourth-order valence-electron chi connectivity index (χ4n) is 2.09. The highest BCUT2D eigenvalue weighted by atomic mass is 32.2. The van der Waals surface area contributed by atoms with Crippen molar-refractivity contribution in [1.29, 1.82) is 0 Å². The van der Waals surface area contributed by atoms with Gasteiger partial charge in [-0.05, 0) is 25.5 Å². The summed E-state index contributed by atoms with van der Waals surface area (Å²) < 4.78 is 5.31. The lowest BCUT2D eigenvalue weighted by Gasteiger charge is -2.11. The van der Waals surface area contributed by atoms with Gasteiger partial charge in [0.15, 0.2) is 6.10 Å². The zero-order valence-electron chi connectivity index (χ0n) is 13.6.